The molecule has 2 aliphatic rings. The molecule has 156 valence electrons. The van der Waals surface area contributed by atoms with E-state index in [1.54, 1.807) is 6.07 Å². The number of rotatable bonds is 7. The van der Waals surface area contributed by atoms with E-state index in [1.165, 1.54) is 12.4 Å². The second-order valence-electron chi connectivity index (χ2n) is 7.68. The highest BCUT2D eigenvalue weighted by atomic mass is 32.2. The zero-order valence-corrected chi connectivity index (χ0v) is 17.2. The Morgan fingerprint density at radius 3 is 2.69 bits per heavy atom. The number of halogens is 1. The van der Waals surface area contributed by atoms with Gasteiger partial charge in [0, 0.05) is 42.3 Å². The van der Waals surface area contributed by atoms with E-state index in [0.717, 1.165) is 49.4 Å². The summed E-state index contributed by atoms with van der Waals surface area (Å²) in [5.74, 6) is 2.55. The van der Waals surface area contributed by atoms with Crippen LogP contribution in [0.5, 0.6) is 5.75 Å². The number of nitrogens with two attached hydrogens (primary N) is 1. The van der Waals surface area contributed by atoms with Crippen LogP contribution in [-0.2, 0) is 0 Å². The van der Waals surface area contributed by atoms with Gasteiger partial charge in [0.1, 0.15) is 18.5 Å². The van der Waals surface area contributed by atoms with Crippen molar-refractivity contribution in [2.24, 2.45) is 0 Å². The van der Waals surface area contributed by atoms with Crippen LogP contribution in [0.25, 0.3) is 11.3 Å². The standard InChI is InChI=1S/C21H27FN4O2S/c22-20-17(18-10-25-19(23)11-24-18)5-4-16(14-2-1-3-14)21(20)28-13-15(27)12-26-6-8-29-9-7-26/h4-5,10-11,14-15,27H,1-3,6-9,12-13H2,(H2,23,25). The summed E-state index contributed by atoms with van der Waals surface area (Å²) in [7, 11) is 0. The highest BCUT2D eigenvalue weighted by Gasteiger charge is 2.27. The topological polar surface area (TPSA) is 84.5 Å². The summed E-state index contributed by atoms with van der Waals surface area (Å²) in [6, 6.07) is 3.65. The number of nitrogen functional groups attached to an aromatic ring is 1. The lowest BCUT2D eigenvalue weighted by atomic mass is 9.79. The minimum atomic E-state index is -0.660. The summed E-state index contributed by atoms with van der Waals surface area (Å²) in [5.41, 5.74) is 7.21. The van der Waals surface area contributed by atoms with Crippen LogP contribution in [-0.4, -0.2) is 63.8 Å². The molecule has 1 aromatic heterocycles. The van der Waals surface area contributed by atoms with E-state index in [2.05, 4.69) is 14.9 Å². The molecular weight excluding hydrogens is 391 g/mol. The lowest BCUT2D eigenvalue weighted by Gasteiger charge is -2.30. The van der Waals surface area contributed by atoms with Gasteiger partial charge < -0.3 is 15.6 Å². The number of benzene rings is 1. The van der Waals surface area contributed by atoms with Gasteiger partial charge in [-0.3, -0.25) is 9.88 Å². The Morgan fingerprint density at radius 2 is 2.03 bits per heavy atom. The molecular formula is C21H27FN4O2S. The Morgan fingerprint density at radius 1 is 1.24 bits per heavy atom. The molecule has 0 radical (unpaired) electrons. The zero-order chi connectivity index (χ0) is 20.2. The zero-order valence-electron chi connectivity index (χ0n) is 16.4. The van der Waals surface area contributed by atoms with E-state index < -0.39 is 11.9 Å². The summed E-state index contributed by atoms with van der Waals surface area (Å²) >= 11 is 1.93. The summed E-state index contributed by atoms with van der Waals surface area (Å²) in [6.07, 6.45) is 5.42. The fraction of sp³-hybridized carbons (Fsp3) is 0.524. The van der Waals surface area contributed by atoms with E-state index in [0.29, 0.717) is 23.7 Å². The molecule has 1 aliphatic carbocycles. The Bertz CT molecular complexity index is 826. The normalized spacial score (nSPS) is 19.0. The van der Waals surface area contributed by atoms with Crippen molar-refractivity contribution in [3.63, 3.8) is 0 Å². The smallest absolute Gasteiger partial charge is 0.174 e. The second kappa shape index (κ2) is 9.28. The third kappa shape index (κ3) is 4.82. The minimum absolute atomic E-state index is 0.0666. The molecule has 1 saturated carbocycles. The van der Waals surface area contributed by atoms with Gasteiger partial charge in [0.05, 0.1) is 18.1 Å². The van der Waals surface area contributed by atoms with Crippen LogP contribution in [0.15, 0.2) is 24.5 Å². The van der Waals surface area contributed by atoms with Gasteiger partial charge in [-0.1, -0.05) is 12.5 Å². The highest BCUT2D eigenvalue weighted by molar-refractivity contribution is 7.99. The second-order valence-corrected chi connectivity index (χ2v) is 8.90. The first-order chi connectivity index (χ1) is 14.1. The van der Waals surface area contributed by atoms with Crippen molar-refractivity contribution in [1.82, 2.24) is 14.9 Å². The van der Waals surface area contributed by atoms with Crippen molar-refractivity contribution in [3.8, 4) is 17.0 Å². The number of aliphatic hydroxyl groups excluding tert-OH is 1. The van der Waals surface area contributed by atoms with Gasteiger partial charge in [-0.25, -0.2) is 9.37 Å². The van der Waals surface area contributed by atoms with Crippen molar-refractivity contribution in [1.29, 1.82) is 0 Å². The third-order valence-electron chi connectivity index (χ3n) is 5.61. The summed E-state index contributed by atoms with van der Waals surface area (Å²) in [5, 5.41) is 10.4. The van der Waals surface area contributed by atoms with E-state index in [1.807, 2.05) is 17.8 Å². The van der Waals surface area contributed by atoms with Gasteiger partial charge in [0.25, 0.3) is 0 Å². The average molecular weight is 419 g/mol. The van der Waals surface area contributed by atoms with Crippen LogP contribution in [0.1, 0.15) is 30.7 Å². The van der Waals surface area contributed by atoms with Crippen molar-refractivity contribution in [2.75, 3.05) is 43.5 Å². The molecule has 3 N–H and O–H groups in total. The number of ether oxygens (including phenoxy) is 1. The number of thioether (sulfide) groups is 1. The molecule has 1 atom stereocenters. The molecule has 1 aliphatic heterocycles. The van der Waals surface area contributed by atoms with Gasteiger partial charge in [-0.2, -0.15) is 11.8 Å². The number of hydrogen-bond acceptors (Lipinski definition) is 7. The predicted octanol–water partition coefficient (Wildman–Crippen LogP) is 2.92. The number of nitrogens with zero attached hydrogens (tertiary/aromatic N) is 3. The summed E-state index contributed by atoms with van der Waals surface area (Å²) in [6.45, 7) is 2.55. The third-order valence-corrected chi connectivity index (χ3v) is 6.56. The van der Waals surface area contributed by atoms with E-state index in [4.69, 9.17) is 10.5 Å². The largest absolute Gasteiger partial charge is 0.487 e. The Labute approximate surface area is 174 Å². The summed E-state index contributed by atoms with van der Waals surface area (Å²) < 4.78 is 21.3. The van der Waals surface area contributed by atoms with Gasteiger partial charge in [-0.15, -0.1) is 0 Å². The number of aliphatic hydroxyl groups is 1. The fourth-order valence-corrected chi connectivity index (χ4v) is 4.73. The molecule has 0 bridgehead atoms. The molecule has 8 heteroatoms. The van der Waals surface area contributed by atoms with Gasteiger partial charge in [-0.05, 0) is 24.8 Å². The maximum absolute atomic E-state index is 15.4. The molecule has 4 rings (SSSR count). The Kier molecular flexibility index (Phi) is 6.52. The van der Waals surface area contributed by atoms with Gasteiger partial charge in [0.2, 0.25) is 0 Å². The molecule has 1 unspecified atom stereocenters. The molecule has 0 amide bonds. The molecule has 2 fully saturated rings. The predicted molar refractivity (Wildman–Crippen MR) is 114 cm³/mol. The van der Waals surface area contributed by atoms with Gasteiger partial charge >= 0.3 is 0 Å². The van der Waals surface area contributed by atoms with Gasteiger partial charge in [0.15, 0.2) is 11.6 Å². The molecule has 29 heavy (non-hydrogen) atoms. The number of anilines is 1. The van der Waals surface area contributed by atoms with E-state index >= 15 is 4.39 Å². The molecule has 2 aromatic rings. The maximum atomic E-state index is 15.4. The van der Waals surface area contributed by atoms with Crippen LogP contribution in [0.3, 0.4) is 0 Å². The monoisotopic (exact) mass is 418 g/mol. The van der Waals surface area contributed by atoms with Crippen LogP contribution < -0.4 is 10.5 Å². The SMILES string of the molecule is Nc1cnc(-c2ccc(C3CCC3)c(OCC(O)CN3CCSCC3)c2F)cn1. The molecule has 6 nitrogen and oxygen atoms in total. The molecule has 1 aromatic carbocycles. The first-order valence-corrected chi connectivity index (χ1v) is 11.3. The Balaban J connectivity index is 1.52. The fourth-order valence-electron chi connectivity index (χ4n) is 3.75. The van der Waals surface area contributed by atoms with Crippen LogP contribution in [0.4, 0.5) is 10.2 Å². The quantitative estimate of drug-likeness (QED) is 0.715. The lowest BCUT2D eigenvalue weighted by Crippen LogP contribution is -2.40. The number of aromatic nitrogens is 2. The maximum Gasteiger partial charge on any atom is 0.174 e. The van der Waals surface area contributed by atoms with E-state index in [-0.39, 0.29) is 18.2 Å². The first kappa shape index (κ1) is 20.4. The minimum Gasteiger partial charge on any atom is -0.487 e. The molecule has 0 spiro atoms. The lowest BCUT2D eigenvalue weighted by molar-refractivity contribution is 0.0693. The van der Waals surface area contributed by atoms with Crippen LogP contribution >= 0.6 is 11.8 Å². The van der Waals surface area contributed by atoms with Crippen LogP contribution in [0, 0.1) is 5.82 Å². The number of β-amino-alcohol motifs (C(OH)–C–C–N with tert-alkyl or cyclic N) is 1. The molecule has 2 heterocycles. The Hall–Kier alpha value is -1.90. The van der Waals surface area contributed by atoms with Crippen LogP contribution in [0.2, 0.25) is 0 Å². The average Bonchev–Trinajstić information content (AvgIpc) is 2.68. The highest BCUT2D eigenvalue weighted by Crippen LogP contribution is 2.43. The van der Waals surface area contributed by atoms with Crippen molar-refractivity contribution < 1.29 is 14.2 Å². The summed E-state index contributed by atoms with van der Waals surface area (Å²) in [4.78, 5) is 10.4. The molecule has 1 saturated heterocycles. The first-order valence-electron chi connectivity index (χ1n) is 10.1. The van der Waals surface area contributed by atoms with E-state index in [9.17, 15) is 5.11 Å². The van der Waals surface area contributed by atoms with Crippen molar-refractivity contribution in [3.05, 3.63) is 35.9 Å². The number of hydrogen-bond donors (Lipinski definition) is 2. The van der Waals surface area contributed by atoms with Crippen molar-refractivity contribution in [2.45, 2.75) is 31.3 Å². The van der Waals surface area contributed by atoms with Crippen molar-refractivity contribution >= 4 is 17.6 Å².